The van der Waals surface area contributed by atoms with Crippen molar-refractivity contribution in [3.8, 4) is 16.2 Å². The highest BCUT2D eigenvalue weighted by Crippen LogP contribution is 2.45. The fourth-order valence-corrected chi connectivity index (χ4v) is 4.15. The van der Waals surface area contributed by atoms with E-state index in [2.05, 4.69) is 5.10 Å². The van der Waals surface area contributed by atoms with Gasteiger partial charge in [0.15, 0.2) is 5.75 Å². The van der Waals surface area contributed by atoms with Crippen molar-refractivity contribution in [2.75, 3.05) is 5.01 Å². The van der Waals surface area contributed by atoms with Gasteiger partial charge in [-0.1, -0.05) is 41.4 Å². The molecule has 0 spiro atoms. The second-order valence-electron chi connectivity index (χ2n) is 6.65. The summed E-state index contributed by atoms with van der Waals surface area (Å²) in [5.41, 5.74) is 1.44. The average Bonchev–Trinajstić information content (AvgIpc) is 3.14. The number of nitrogens with zero attached hydrogens (tertiary/aromatic N) is 2. The van der Waals surface area contributed by atoms with Crippen molar-refractivity contribution in [2.24, 2.45) is 5.10 Å². The third-order valence-corrected chi connectivity index (χ3v) is 6.23. The van der Waals surface area contributed by atoms with Gasteiger partial charge in [0.2, 0.25) is 0 Å². The van der Waals surface area contributed by atoms with E-state index in [1.54, 1.807) is 30.5 Å². The molecule has 32 heavy (non-hydrogen) atoms. The lowest BCUT2D eigenvalue weighted by Crippen LogP contribution is -2.25. The van der Waals surface area contributed by atoms with Crippen LogP contribution >= 0.6 is 34.5 Å². The molecule has 0 fully saturated rings. The summed E-state index contributed by atoms with van der Waals surface area (Å²) in [6.07, 6.45) is -0.213. The molecule has 0 saturated carbocycles. The predicted octanol–water partition coefficient (Wildman–Crippen LogP) is 5.59. The van der Waals surface area contributed by atoms with Crippen LogP contribution in [0.25, 0.3) is 10.4 Å². The molecule has 0 aliphatic rings. The maximum absolute atomic E-state index is 13.1. The van der Waals surface area contributed by atoms with Gasteiger partial charge in [0.05, 0.1) is 27.4 Å². The third-order valence-electron chi connectivity index (χ3n) is 4.49. The van der Waals surface area contributed by atoms with Gasteiger partial charge in [-0.3, -0.25) is 9.59 Å². The van der Waals surface area contributed by atoms with E-state index >= 15 is 0 Å². The van der Waals surface area contributed by atoms with Gasteiger partial charge in [0.1, 0.15) is 5.69 Å². The molecular weight excluding hydrogens is 475 g/mol. The van der Waals surface area contributed by atoms with Crippen LogP contribution in [0.4, 0.5) is 5.69 Å². The van der Waals surface area contributed by atoms with Crippen LogP contribution < -0.4 is 5.01 Å². The first-order valence-corrected chi connectivity index (χ1v) is 10.9. The highest BCUT2D eigenvalue weighted by Gasteiger charge is 2.24. The molecule has 0 saturated heterocycles. The van der Waals surface area contributed by atoms with Gasteiger partial charge in [0.25, 0.3) is 5.91 Å². The average molecular weight is 493 g/mol. The number of carboxylic acids is 1. The summed E-state index contributed by atoms with van der Waals surface area (Å²) < 4.78 is 0. The molecule has 3 N–H and O–H groups in total. The van der Waals surface area contributed by atoms with E-state index in [4.69, 9.17) is 28.3 Å². The van der Waals surface area contributed by atoms with E-state index in [0.717, 1.165) is 5.01 Å². The van der Waals surface area contributed by atoms with E-state index in [0.29, 0.717) is 26.0 Å². The maximum atomic E-state index is 13.1. The Kier molecular flexibility index (Phi) is 7.52. The van der Waals surface area contributed by atoms with Gasteiger partial charge in [0, 0.05) is 17.2 Å². The summed E-state index contributed by atoms with van der Waals surface area (Å²) >= 11 is 13.3. The van der Waals surface area contributed by atoms with Crippen molar-refractivity contribution in [1.29, 1.82) is 0 Å². The van der Waals surface area contributed by atoms with Crippen LogP contribution in [0.2, 0.25) is 10.0 Å². The summed E-state index contributed by atoms with van der Waals surface area (Å²) in [7, 11) is 0. The number of aliphatic hydroxyl groups excluding tert-OH is 1. The molecule has 1 heterocycles. The first kappa shape index (κ1) is 23.7. The topological polar surface area (TPSA) is 110 Å². The number of hydrogen-bond acceptors (Lipinski definition) is 6. The first-order chi connectivity index (χ1) is 15.2. The van der Waals surface area contributed by atoms with Gasteiger partial charge in [-0.05, 0) is 42.3 Å². The molecule has 0 aliphatic heterocycles. The van der Waals surface area contributed by atoms with E-state index in [1.807, 2.05) is 0 Å². The van der Waals surface area contributed by atoms with Crippen LogP contribution in [0.15, 0.2) is 52.9 Å². The molecule has 1 aromatic heterocycles. The number of aliphatic hydroxyl groups is 1. The normalized spacial score (nSPS) is 12.1. The van der Waals surface area contributed by atoms with Gasteiger partial charge >= 0.3 is 5.97 Å². The molecule has 3 aromatic rings. The second kappa shape index (κ2) is 10.1. The molecule has 3 rings (SSSR count). The van der Waals surface area contributed by atoms with Crippen molar-refractivity contribution in [3.63, 3.8) is 0 Å². The van der Waals surface area contributed by atoms with Crippen LogP contribution in [0.3, 0.4) is 0 Å². The minimum absolute atomic E-state index is 0.138. The second-order valence-corrected chi connectivity index (χ2v) is 8.35. The van der Waals surface area contributed by atoms with Gasteiger partial charge in [-0.2, -0.15) is 10.1 Å². The standard InChI is InChI=1S/C22H18Cl2N2O5S/c1-2-25-26(22(31)13-5-3-12(4-6-13)18(27)10-19(28)29)17-11-32-21(20(17)30)14-7-8-15(23)16(24)9-14/h2-9,11,18,27,30H,10H2,1H3,(H,28,29). The van der Waals surface area contributed by atoms with E-state index in [9.17, 15) is 19.8 Å². The van der Waals surface area contributed by atoms with Crippen molar-refractivity contribution in [3.05, 3.63) is 69.0 Å². The fourth-order valence-electron chi connectivity index (χ4n) is 2.93. The third kappa shape index (κ3) is 5.11. The smallest absolute Gasteiger partial charge is 0.306 e. The number of hydrazone groups is 1. The van der Waals surface area contributed by atoms with E-state index in [1.165, 1.54) is 41.8 Å². The maximum Gasteiger partial charge on any atom is 0.306 e. The summed E-state index contributed by atoms with van der Waals surface area (Å²) in [4.78, 5) is 24.4. The molecule has 166 valence electrons. The fraction of sp³-hybridized carbons (Fsp3) is 0.136. The number of halogens is 2. The predicted molar refractivity (Wildman–Crippen MR) is 126 cm³/mol. The van der Waals surface area contributed by atoms with Gasteiger partial charge < -0.3 is 15.3 Å². The lowest BCUT2D eigenvalue weighted by molar-refractivity contribution is -0.139. The summed E-state index contributed by atoms with van der Waals surface area (Å²) in [5.74, 6) is -1.79. The zero-order valence-electron chi connectivity index (χ0n) is 16.7. The Bertz CT molecular complexity index is 1180. The Morgan fingerprint density at radius 1 is 1.16 bits per heavy atom. The number of anilines is 1. The first-order valence-electron chi connectivity index (χ1n) is 9.31. The lowest BCUT2D eigenvalue weighted by Gasteiger charge is -2.17. The summed E-state index contributed by atoms with van der Waals surface area (Å²) in [6.45, 7) is 1.63. The Hall–Kier alpha value is -2.91. The van der Waals surface area contributed by atoms with Crippen molar-refractivity contribution in [2.45, 2.75) is 19.4 Å². The van der Waals surface area contributed by atoms with Crippen LogP contribution in [-0.4, -0.2) is 33.4 Å². The Labute approximate surface area is 197 Å². The Morgan fingerprint density at radius 3 is 2.44 bits per heavy atom. The van der Waals surface area contributed by atoms with Crippen molar-refractivity contribution < 1.29 is 24.9 Å². The molecule has 0 bridgehead atoms. The molecule has 2 aromatic carbocycles. The quantitative estimate of drug-likeness (QED) is 0.294. The molecule has 10 heteroatoms. The zero-order valence-corrected chi connectivity index (χ0v) is 19.0. The van der Waals surface area contributed by atoms with Gasteiger partial charge in [-0.25, -0.2) is 0 Å². The Balaban J connectivity index is 1.91. The number of carbonyl (C=O) groups is 2. The number of aromatic hydroxyl groups is 1. The molecule has 1 atom stereocenters. The van der Waals surface area contributed by atoms with Gasteiger partial charge in [-0.15, -0.1) is 11.3 Å². The largest absolute Gasteiger partial charge is 0.504 e. The molecular formula is C22H18Cl2N2O5S. The van der Waals surface area contributed by atoms with Crippen LogP contribution in [0.5, 0.6) is 5.75 Å². The molecule has 1 unspecified atom stereocenters. The number of carbonyl (C=O) groups excluding carboxylic acids is 1. The molecule has 7 nitrogen and oxygen atoms in total. The van der Waals surface area contributed by atoms with Crippen LogP contribution in [-0.2, 0) is 4.79 Å². The molecule has 1 amide bonds. The molecule has 0 aliphatic carbocycles. The Morgan fingerprint density at radius 2 is 1.84 bits per heavy atom. The minimum Gasteiger partial charge on any atom is -0.504 e. The van der Waals surface area contributed by atoms with E-state index < -0.39 is 24.4 Å². The highest BCUT2D eigenvalue weighted by atomic mass is 35.5. The van der Waals surface area contributed by atoms with E-state index in [-0.39, 0.29) is 17.0 Å². The van der Waals surface area contributed by atoms with Crippen molar-refractivity contribution in [1.82, 2.24) is 0 Å². The van der Waals surface area contributed by atoms with Crippen molar-refractivity contribution >= 4 is 58.3 Å². The number of rotatable bonds is 7. The number of benzene rings is 2. The zero-order chi connectivity index (χ0) is 23.4. The number of thiophene rings is 1. The lowest BCUT2D eigenvalue weighted by atomic mass is 10.0. The monoisotopic (exact) mass is 492 g/mol. The number of carboxylic acid groups (broad SMARTS) is 1. The van der Waals surface area contributed by atoms with Crippen LogP contribution in [0, 0.1) is 0 Å². The molecule has 0 radical (unpaired) electrons. The summed E-state index contributed by atoms with van der Waals surface area (Å²) in [5, 5.41) is 37.0. The van der Waals surface area contributed by atoms with Crippen LogP contribution in [0.1, 0.15) is 35.4 Å². The SMILES string of the molecule is CC=NN(C(=O)c1ccc(C(O)CC(=O)O)cc1)c1csc(-c2ccc(Cl)c(Cl)c2)c1O. The highest BCUT2D eigenvalue weighted by molar-refractivity contribution is 7.14. The number of aliphatic carboxylic acids is 1. The number of amides is 1. The minimum atomic E-state index is -1.18. The number of hydrogen-bond donors (Lipinski definition) is 3. The summed E-state index contributed by atoms with van der Waals surface area (Å²) in [6, 6.07) is 10.8.